The fourth-order valence-electron chi connectivity index (χ4n) is 2.50. The number of pyridine rings is 1. The Bertz CT molecular complexity index is 605. The predicted octanol–water partition coefficient (Wildman–Crippen LogP) is 2.32. The number of carbonyl (C=O) groups excluding carboxylic acids is 1. The van der Waals surface area contributed by atoms with E-state index < -0.39 is 0 Å². The molecule has 0 radical (unpaired) electrons. The second kappa shape index (κ2) is 4.97. The van der Waals surface area contributed by atoms with Crippen LogP contribution in [0.2, 0.25) is 0 Å². The number of nitrogens with zero attached hydrogens (tertiary/aromatic N) is 3. The van der Waals surface area contributed by atoms with E-state index in [4.69, 9.17) is 0 Å². The molecule has 4 heteroatoms. The topological polar surface area (TPSA) is 36.4 Å². The van der Waals surface area contributed by atoms with Gasteiger partial charge in [-0.1, -0.05) is 18.2 Å². The van der Waals surface area contributed by atoms with Crippen molar-refractivity contribution in [1.82, 2.24) is 15.0 Å². The quantitative estimate of drug-likeness (QED) is 0.826. The lowest BCUT2D eigenvalue weighted by Crippen LogP contribution is -2.41. The van der Waals surface area contributed by atoms with E-state index in [1.54, 1.807) is 11.2 Å². The van der Waals surface area contributed by atoms with Crippen LogP contribution < -0.4 is 0 Å². The van der Waals surface area contributed by atoms with Gasteiger partial charge in [0, 0.05) is 31.7 Å². The third kappa shape index (κ3) is 2.31. The third-order valence-corrected chi connectivity index (χ3v) is 3.64. The van der Waals surface area contributed by atoms with Crippen molar-refractivity contribution in [3.63, 3.8) is 0 Å². The Morgan fingerprint density at radius 1 is 1.26 bits per heavy atom. The van der Waals surface area contributed by atoms with Gasteiger partial charge in [0.05, 0.1) is 11.1 Å². The van der Waals surface area contributed by atoms with Crippen LogP contribution in [0.4, 0.5) is 0 Å². The molecule has 1 fully saturated rings. The van der Waals surface area contributed by atoms with E-state index in [1.807, 2.05) is 37.4 Å². The highest BCUT2D eigenvalue weighted by Gasteiger charge is 2.22. The minimum atomic E-state index is 0.0140. The highest BCUT2D eigenvalue weighted by molar-refractivity contribution is 5.96. The SMILES string of the molecule is CN(C(=O)c1cnc2ccccc2c1)N1CCCC1. The van der Waals surface area contributed by atoms with E-state index in [1.165, 1.54) is 0 Å². The van der Waals surface area contributed by atoms with E-state index in [0.29, 0.717) is 5.56 Å². The number of hydrogen-bond acceptors (Lipinski definition) is 3. The standard InChI is InChI=1S/C15H17N3O/c1-17(18-8-4-5-9-18)15(19)13-10-12-6-2-3-7-14(12)16-11-13/h2-3,6-7,10-11H,4-5,8-9H2,1H3. The Hall–Kier alpha value is -1.94. The first-order valence-electron chi connectivity index (χ1n) is 6.63. The van der Waals surface area contributed by atoms with Gasteiger partial charge in [0.1, 0.15) is 0 Å². The monoisotopic (exact) mass is 255 g/mol. The average Bonchev–Trinajstić information content (AvgIpc) is 2.99. The molecule has 0 aliphatic carbocycles. The van der Waals surface area contributed by atoms with E-state index in [0.717, 1.165) is 36.8 Å². The van der Waals surface area contributed by atoms with Crippen LogP contribution >= 0.6 is 0 Å². The number of fused-ring (bicyclic) bond motifs is 1. The number of hydrazine groups is 1. The molecule has 3 rings (SSSR count). The maximum Gasteiger partial charge on any atom is 0.269 e. The van der Waals surface area contributed by atoms with Crippen molar-refractivity contribution in [2.45, 2.75) is 12.8 Å². The van der Waals surface area contributed by atoms with Gasteiger partial charge in [0.25, 0.3) is 5.91 Å². The Morgan fingerprint density at radius 3 is 2.79 bits per heavy atom. The summed E-state index contributed by atoms with van der Waals surface area (Å²) in [6, 6.07) is 9.76. The molecule has 1 aliphatic heterocycles. The first-order valence-corrected chi connectivity index (χ1v) is 6.63. The van der Waals surface area contributed by atoms with E-state index >= 15 is 0 Å². The molecule has 0 N–H and O–H groups in total. The lowest BCUT2D eigenvalue weighted by Gasteiger charge is -2.27. The summed E-state index contributed by atoms with van der Waals surface area (Å²) in [5, 5.41) is 4.82. The van der Waals surface area contributed by atoms with Gasteiger partial charge in [-0.2, -0.15) is 0 Å². The number of hydrogen-bond donors (Lipinski definition) is 0. The first kappa shape index (κ1) is 12.1. The fraction of sp³-hybridized carbons (Fsp3) is 0.333. The molecule has 4 nitrogen and oxygen atoms in total. The van der Waals surface area contributed by atoms with Crippen LogP contribution in [-0.2, 0) is 0 Å². The molecule has 2 heterocycles. The smallest absolute Gasteiger partial charge is 0.269 e. The number of para-hydroxylation sites is 1. The molecule has 0 spiro atoms. The summed E-state index contributed by atoms with van der Waals surface area (Å²) in [5.41, 5.74) is 1.57. The van der Waals surface area contributed by atoms with E-state index in [2.05, 4.69) is 9.99 Å². The van der Waals surface area contributed by atoms with E-state index in [9.17, 15) is 4.79 Å². The van der Waals surface area contributed by atoms with Crippen molar-refractivity contribution in [3.8, 4) is 0 Å². The number of amides is 1. The normalized spacial score (nSPS) is 15.8. The predicted molar refractivity (Wildman–Crippen MR) is 74.6 cm³/mol. The molecule has 0 unspecified atom stereocenters. The number of rotatable bonds is 2. The van der Waals surface area contributed by atoms with E-state index in [-0.39, 0.29) is 5.91 Å². The molecule has 1 aliphatic rings. The van der Waals surface area contributed by atoms with Crippen LogP contribution in [0.3, 0.4) is 0 Å². The Kier molecular flexibility index (Phi) is 3.17. The largest absolute Gasteiger partial charge is 0.274 e. The minimum Gasteiger partial charge on any atom is -0.274 e. The summed E-state index contributed by atoms with van der Waals surface area (Å²) in [6.45, 7) is 1.92. The van der Waals surface area contributed by atoms with Gasteiger partial charge in [-0.15, -0.1) is 0 Å². The zero-order valence-corrected chi connectivity index (χ0v) is 11.0. The van der Waals surface area contributed by atoms with Crippen LogP contribution in [-0.4, -0.2) is 41.0 Å². The zero-order valence-electron chi connectivity index (χ0n) is 11.0. The molecule has 1 amide bonds. The molecule has 98 valence electrons. The molecule has 0 atom stereocenters. The second-order valence-electron chi connectivity index (χ2n) is 4.91. The van der Waals surface area contributed by atoms with Gasteiger partial charge >= 0.3 is 0 Å². The molecule has 1 aromatic carbocycles. The molecule has 0 saturated carbocycles. The summed E-state index contributed by atoms with van der Waals surface area (Å²) in [6.07, 6.45) is 3.98. The van der Waals surface area contributed by atoms with Crippen molar-refractivity contribution in [3.05, 3.63) is 42.1 Å². The van der Waals surface area contributed by atoms with Crippen molar-refractivity contribution in [2.24, 2.45) is 0 Å². The second-order valence-corrected chi connectivity index (χ2v) is 4.91. The molecular formula is C15H17N3O. The van der Waals surface area contributed by atoms with Crippen LogP contribution in [0.5, 0.6) is 0 Å². The summed E-state index contributed by atoms with van der Waals surface area (Å²) < 4.78 is 0. The summed E-state index contributed by atoms with van der Waals surface area (Å²) in [5.74, 6) is 0.0140. The summed E-state index contributed by atoms with van der Waals surface area (Å²) >= 11 is 0. The van der Waals surface area contributed by atoms with Crippen LogP contribution in [0, 0.1) is 0 Å². The highest BCUT2D eigenvalue weighted by Crippen LogP contribution is 2.16. The van der Waals surface area contributed by atoms with Crippen LogP contribution in [0.25, 0.3) is 10.9 Å². The van der Waals surface area contributed by atoms with Crippen LogP contribution in [0.15, 0.2) is 36.5 Å². The molecule has 1 aromatic heterocycles. The van der Waals surface area contributed by atoms with Gasteiger partial charge in [0.15, 0.2) is 0 Å². The molecule has 2 aromatic rings. The number of aromatic nitrogens is 1. The fourth-order valence-corrected chi connectivity index (χ4v) is 2.50. The zero-order chi connectivity index (χ0) is 13.2. The van der Waals surface area contributed by atoms with Crippen molar-refractivity contribution in [1.29, 1.82) is 0 Å². The first-order chi connectivity index (χ1) is 9.25. The molecular weight excluding hydrogens is 238 g/mol. The van der Waals surface area contributed by atoms with Gasteiger partial charge in [-0.3, -0.25) is 14.8 Å². The van der Waals surface area contributed by atoms with Crippen molar-refractivity contribution >= 4 is 16.8 Å². The molecule has 1 saturated heterocycles. The lowest BCUT2D eigenvalue weighted by molar-refractivity contribution is 0.0198. The Labute approximate surface area is 112 Å². The van der Waals surface area contributed by atoms with Gasteiger partial charge in [-0.05, 0) is 25.0 Å². The van der Waals surface area contributed by atoms with Crippen LogP contribution in [0.1, 0.15) is 23.2 Å². The maximum absolute atomic E-state index is 12.4. The summed E-state index contributed by atoms with van der Waals surface area (Å²) in [7, 11) is 1.84. The lowest BCUT2D eigenvalue weighted by atomic mass is 10.1. The minimum absolute atomic E-state index is 0.0140. The third-order valence-electron chi connectivity index (χ3n) is 3.64. The molecule has 0 bridgehead atoms. The Balaban J connectivity index is 1.88. The summed E-state index contributed by atoms with van der Waals surface area (Å²) in [4.78, 5) is 16.8. The number of carbonyl (C=O) groups is 1. The van der Waals surface area contributed by atoms with Gasteiger partial charge < -0.3 is 0 Å². The van der Waals surface area contributed by atoms with Crippen molar-refractivity contribution in [2.75, 3.05) is 20.1 Å². The maximum atomic E-state index is 12.4. The van der Waals surface area contributed by atoms with Crippen molar-refractivity contribution < 1.29 is 4.79 Å². The Morgan fingerprint density at radius 2 is 2.00 bits per heavy atom. The average molecular weight is 255 g/mol. The van der Waals surface area contributed by atoms with Gasteiger partial charge in [-0.25, -0.2) is 5.01 Å². The molecule has 19 heavy (non-hydrogen) atoms. The number of benzene rings is 1. The highest BCUT2D eigenvalue weighted by atomic mass is 16.2. The van der Waals surface area contributed by atoms with Gasteiger partial charge in [0.2, 0.25) is 0 Å².